The van der Waals surface area contributed by atoms with Crippen molar-refractivity contribution in [1.29, 1.82) is 0 Å². The molecule has 1 saturated carbocycles. The van der Waals surface area contributed by atoms with Gasteiger partial charge in [-0.05, 0) is 49.8 Å². The van der Waals surface area contributed by atoms with Gasteiger partial charge in [0.15, 0.2) is 0 Å². The first kappa shape index (κ1) is 14.1. The number of aliphatic hydroxyl groups is 1. The molecule has 3 heteroatoms. The Morgan fingerprint density at radius 3 is 2.67 bits per heavy atom. The number of benzene rings is 1. The topological polar surface area (TPSA) is 42.4 Å². The van der Waals surface area contributed by atoms with Crippen molar-refractivity contribution in [3.05, 3.63) is 59.4 Å². The Morgan fingerprint density at radius 1 is 1.14 bits per heavy atom. The second-order valence-corrected chi connectivity index (χ2v) is 5.97. The summed E-state index contributed by atoms with van der Waals surface area (Å²) < 4.78 is 5.64. The zero-order chi connectivity index (χ0) is 14.8. The maximum atomic E-state index is 10.6. The van der Waals surface area contributed by atoms with E-state index in [1.807, 2.05) is 32.0 Å². The molecule has 0 aliphatic heterocycles. The van der Waals surface area contributed by atoms with Crippen molar-refractivity contribution in [3.8, 4) is 5.75 Å². The molecular formula is C18H21NO2. The van der Waals surface area contributed by atoms with Crippen molar-refractivity contribution >= 4 is 0 Å². The first-order chi connectivity index (χ1) is 10.1. The van der Waals surface area contributed by atoms with Crippen LogP contribution in [-0.2, 0) is 0 Å². The Kier molecular flexibility index (Phi) is 3.93. The standard InChI is InChI=1S/C18H21NO2/c1-12(2)21-17-9-16(10-19-11-17)18(20)15-5-3-4-14(8-15)13-6-7-13/h3-5,8-13,18,20H,6-7H2,1-2H3. The number of hydrogen-bond acceptors (Lipinski definition) is 3. The molecule has 1 fully saturated rings. The van der Waals surface area contributed by atoms with E-state index in [2.05, 4.69) is 17.1 Å². The van der Waals surface area contributed by atoms with E-state index in [0.717, 1.165) is 11.1 Å². The molecule has 1 N–H and O–H groups in total. The monoisotopic (exact) mass is 283 g/mol. The van der Waals surface area contributed by atoms with E-state index >= 15 is 0 Å². The van der Waals surface area contributed by atoms with Crippen LogP contribution in [0.1, 0.15) is 55.4 Å². The van der Waals surface area contributed by atoms with Gasteiger partial charge in [0.05, 0.1) is 12.3 Å². The lowest BCUT2D eigenvalue weighted by Gasteiger charge is -2.15. The predicted molar refractivity (Wildman–Crippen MR) is 82.5 cm³/mol. The molecule has 1 unspecified atom stereocenters. The Hall–Kier alpha value is -1.87. The van der Waals surface area contributed by atoms with Gasteiger partial charge in [-0.25, -0.2) is 0 Å². The molecular weight excluding hydrogens is 262 g/mol. The van der Waals surface area contributed by atoms with Crippen molar-refractivity contribution in [1.82, 2.24) is 4.98 Å². The quantitative estimate of drug-likeness (QED) is 0.907. The molecule has 1 atom stereocenters. The van der Waals surface area contributed by atoms with Crippen LogP contribution in [0.25, 0.3) is 0 Å². The van der Waals surface area contributed by atoms with Crippen molar-refractivity contribution < 1.29 is 9.84 Å². The van der Waals surface area contributed by atoms with Crippen LogP contribution in [0.3, 0.4) is 0 Å². The molecule has 1 heterocycles. The zero-order valence-corrected chi connectivity index (χ0v) is 12.5. The van der Waals surface area contributed by atoms with Gasteiger partial charge in [0.25, 0.3) is 0 Å². The third kappa shape index (κ3) is 3.42. The highest BCUT2D eigenvalue weighted by atomic mass is 16.5. The minimum Gasteiger partial charge on any atom is -0.489 e. The Morgan fingerprint density at radius 2 is 1.95 bits per heavy atom. The summed E-state index contributed by atoms with van der Waals surface area (Å²) in [4.78, 5) is 4.17. The molecule has 1 aliphatic rings. The second-order valence-electron chi connectivity index (χ2n) is 5.97. The largest absolute Gasteiger partial charge is 0.489 e. The first-order valence-corrected chi connectivity index (χ1v) is 7.53. The highest BCUT2D eigenvalue weighted by Crippen LogP contribution is 2.40. The summed E-state index contributed by atoms with van der Waals surface area (Å²) in [6.07, 6.45) is 5.33. The minimum absolute atomic E-state index is 0.0948. The summed E-state index contributed by atoms with van der Waals surface area (Å²) in [5.74, 6) is 1.38. The molecule has 1 aromatic carbocycles. The average Bonchev–Trinajstić information content (AvgIpc) is 3.31. The van der Waals surface area contributed by atoms with E-state index in [-0.39, 0.29) is 6.10 Å². The van der Waals surface area contributed by atoms with Crippen LogP contribution >= 0.6 is 0 Å². The van der Waals surface area contributed by atoms with E-state index < -0.39 is 6.10 Å². The van der Waals surface area contributed by atoms with Crippen molar-refractivity contribution in [3.63, 3.8) is 0 Å². The molecule has 3 rings (SSSR count). The van der Waals surface area contributed by atoms with E-state index in [1.165, 1.54) is 18.4 Å². The van der Waals surface area contributed by atoms with Gasteiger partial charge in [-0.2, -0.15) is 0 Å². The van der Waals surface area contributed by atoms with Gasteiger partial charge in [-0.15, -0.1) is 0 Å². The molecule has 1 aliphatic carbocycles. The fourth-order valence-corrected chi connectivity index (χ4v) is 2.51. The summed E-state index contributed by atoms with van der Waals surface area (Å²) in [6.45, 7) is 3.95. The number of nitrogens with zero attached hydrogens (tertiary/aromatic N) is 1. The number of aromatic nitrogens is 1. The molecule has 0 spiro atoms. The van der Waals surface area contributed by atoms with Gasteiger partial charge >= 0.3 is 0 Å². The van der Waals surface area contributed by atoms with Crippen LogP contribution in [0.5, 0.6) is 5.75 Å². The fourth-order valence-electron chi connectivity index (χ4n) is 2.51. The predicted octanol–water partition coefficient (Wildman–Crippen LogP) is 3.83. The molecule has 110 valence electrons. The smallest absolute Gasteiger partial charge is 0.138 e. The van der Waals surface area contributed by atoms with Crippen LogP contribution in [0.2, 0.25) is 0 Å². The van der Waals surface area contributed by atoms with Crippen molar-refractivity contribution in [2.45, 2.75) is 44.8 Å². The van der Waals surface area contributed by atoms with Crippen molar-refractivity contribution in [2.24, 2.45) is 0 Å². The Balaban J connectivity index is 1.83. The minimum atomic E-state index is -0.660. The Labute approximate surface area is 125 Å². The fraction of sp³-hybridized carbons (Fsp3) is 0.389. The number of hydrogen-bond donors (Lipinski definition) is 1. The molecule has 1 aromatic heterocycles. The lowest BCUT2D eigenvalue weighted by molar-refractivity contribution is 0.215. The highest BCUT2D eigenvalue weighted by molar-refractivity contribution is 5.36. The maximum Gasteiger partial charge on any atom is 0.138 e. The van der Waals surface area contributed by atoms with E-state index in [0.29, 0.717) is 11.7 Å². The molecule has 21 heavy (non-hydrogen) atoms. The normalized spacial score (nSPS) is 16.0. The zero-order valence-electron chi connectivity index (χ0n) is 12.5. The van der Waals surface area contributed by atoms with Gasteiger partial charge in [0.1, 0.15) is 11.9 Å². The highest BCUT2D eigenvalue weighted by Gasteiger charge is 2.24. The SMILES string of the molecule is CC(C)Oc1cncc(C(O)c2cccc(C3CC3)c2)c1. The van der Waals surface area contributed by atoms with Gasteiger partial charge in [0, 0.05) is 11.8 Å². The maximum absolute atomic E-state index is 10.6. The summed E-state index contributed by atoms with van der Waals surface area (Å²) >= 11 is 0. The third-order valence-corrected chi connectivity index (χ3v) is 3.70. The molecule has 3 nitrogen and oxygen atoms in total. The van der Waals surface area contributed by atoms with E-state index in [1.54, 1.807) is 12.4 Å². The summed E-state index contributed by atoms with van der Waals surface area (Å²) in [7, 11) is 0. The van der Waals surface area contributed by atoms with Crippen LogP contribution in [0, 0.1) is 0 Å². The lowest BCUT2D eigenvalue weighted by atomic mass is 9.99. The van der Waals surface area contributed by atoms with Gasteiger partial charge in [0.2, 0.25) is 0 Å². The summed E-state index contributed by atoms with van der Waals surface area (Å²) in [5, 5.41) is 10.6. The second kappa shape index (κ2) is 5.86. The first-order valence-electron chi connectivity index (χ1n) is 7.53. The molecule has 0 amide bonds. The van der Waals surface area contributed by atoms with Gasteiger partial charge in [-0.1, -0.05) is 24.3 Å². The lowest BCUT2D eigenvalue weighted by Crippen LogP contribution is -2.07. The van der Waals surface area contributed by atoms with E-state index in [9.17, 15) is 5.11 Å². The number of ether oxygens (including phenoxy) is 1. The van der Waals surface area contributed by atoms with Crippen LogP contribution in [0.15, 0.2) is 42.7 Å². The number of rotatable bonds is 5. The molecule has 0 saturated heterocycles. The van der Waals surface area contributed by atoms with Crippen molar-refractivity contribution in [2.75, 3.05) is 0 Å². The van der Waals surface area contributed by atoms with Crippen LogP contribution < -0.4 is 4.74 Å². The molecule has 0 bridgehead atoms. The molecule has 0 radical (unpaired) electrons. The van der Waals surface area contributed by atoms with Crippen LogP contribution in [0.4, 0.5) is 0 Å². The van der Waals surface area contributed by atoms with Gasteiger partial charge < -0.3 is 9.84 Å². The average molecular weight is 283 g/mol. The summed E-state index contributed by atoms with van der Waals surface area (Å²) in [6, 6.07) is 10.1. The number of aliphatic hydroxyl groups excluding tert-OH is 1. The third-order valence-electron chi connectivity index (χ3n) is 3.70. The molecule has 2 aromatic rings. The Bertz CT molecular complexity index is 620. The van der Waals surface area contributed by atoms with E-state index in [4.69, 9.17) is 4.74 Å². The summed E-state index contributed by atoms with van der Waals surface area (Å²) in [5.41, 5.74) is 3.01. The van der Waals surface area contributed by atoms with Crippen LogP contribution in [-0.4, -0.2) is 16.2 Å². The van der Waals surface area contributed by atoms with Gasteiger partial charge in [-0.3, -0.25) is 4.98 Å². The number of pyridine rings is 1.